The Labute approximate surface area is 190 Å². The molecule has 1 aromatic carbocycles. The molecule has 3 amide bonds. The molecule has 1 saturated heterocycles. The fourth-order valence-electron chi connectivity index (χ4n) is 3.23. The van der Waals surface area contributed by atoms with Gasteiger partial charge < -0.3 is 15.5 Å². The Morgan fingerprint density at radius 2 is 1.81 bits per heavy atom. The third kappa shape index (κ3) is 6.77. The van der Waals surface area contributed by atoms with Crippen molar-refractivity contribution in [3.8, 4) is 0 Å². The Bertz CT molecular complexity index is 953. The summed E-state index contributed by atoms with van der Waals surface area (Å²) in [5.74, 6) is -0.924. The summed E-state index contributed by atoms with van der Waals surface area (Å²) in [5.41, 5.74) is -0.463. The van der Waals surface area contributed by atoms with E-state index in [1.54, 1.807) is 32.9 Å². The molecule has 1 fully saturated rings. The van der Waals surface area contributed by atoms with E-state index < -0.39 is 27.4 Å². The zero-order valence-corrected chi connectivity index (χ0v) is 20.2. The molecule has 1 aliphatic heterocycles. The number of sulfonamides is 1. The van der Waals surface area contributed by atoms with Gasteiger partial charge in [0.05, 0.1) is 12.2 Å². The molecule has 0 saturated carbocycles. The summed E-state index contributed by atoms with van der Waals surface area (Å²) in [6.07, 6.45) is 1.11. The topological polar surface area (TPSA) is 125 Å². The number of carbonyl (C=O) groups excluding carboxylic acids is 3. The molecule has 0 aliphatic carbocycles. The number of likely N-dealkylation sites (tertiary alicyclic amines) is 1. The minimum Gasteiger partial charge on any atom is -0.347 e. The van der Waals surface area contributed by atoms with Crippen LogP contribution in [0.25, 0.3) is 0 Å². The number of benzene rings is 1. The second-order valence-corrected chi connectivity index (χ2v) is 11.1. The number of nitrogens with zero attached hydrogens (tertiary/aromatic N) is 1. The van der Waals surface area contributed by atoms with Crippen LogP contribution in [0.3, 0.4) is 0 Å². The highest BCUT2D eigenvalue weighted by Gasteiger charge is 2.35. The van der Waals surface area contributed by atoms with Crippen molar-refractivity contribution in [2.45, 2.75) is 58.4 Å². The number of hydrogen-bond acceptors (Lipinski definition) is 5. The molecule has 3 N–H and O–H groups in total. The smallest absolute Gasteiger partial charge is 0.247 e. The minimum atomic E-state index is -3.81. The second-order valence-electron chi connectivity index (χ2n) is 9.41. The molecule has 32 heavy (non-hydrogen) atoms. The Hall–Kier alpha value is -2.46. The third-order valence-corrected chi connectivity index (χ3v) is 6.55. The average molecular weight is 467 g/mol. The number of amides is 3. The maximum absolute atomic E-state index is 13.0. The summed E-state index contributed by atoms with van der Waals surface area (Å²) in [4.78, 5) is 39.1. The predicted octanol–water partition coefficient (Wildman–Crippen LogP) is 1.71. The average Bonchev–Trinajstić information content (AvgIpc) is 3.20. The van der Waals surface area contributed by atoms with Gasteiger partial charge in [0.2, 0.25) is 27.7 Å². The lowest BCUT2D eigenvalue weighted by atomic mass is 9.96. The van der Waals surface area contributed by atoms with Crippen molar-refractivity contribution in [2.24, 2.45) is 11.3 Å². The molecule has 0 unspecified atom stereocenters. The largest absolute Gasteiger partial charge is 0.347 e. The highest BCUT2D eigenvalue weighted by molar-refractivity contribution is 7.89. The maximum Gasteiger partial charge on any atom is 0.247 e. The molecule has 9 nitrogen and oxygen atoms in total. The first-order valence-corrected chi connectivity index (χ1v) is 12.3. The molecular formula is C22H34N4O5S. The van der Waals surface area contributed by atoms with Gasteiger partial charge in [0.25, 0.3) is 0 Å². The number of para-hydroxylation sites is 1. The highest BCUT2D eigenvalue weighted by atomic mass is 32.2. The number of rotatable bonds is 8. The van der Waals surface area contributed by atoms with Crippen molar-refractivity contribution in [1.29, 1.82) is 0 Å². The van der Waals surface area contributed by atoms with E-state index in [1.807, 2.05) is 13.8 Å². The van der Waals surface area contributed by atoms with Crippen LogP contribution in [0.5, 0.6) is 0 Å². The molecule has 0 aromatic heterocycles. The van der Waals surface area contributed by atoms with Crippen LogP contribution >= 0.6 is 0 Å². The Kier molecular flexibility index (Phi) is 8.41. The maximum atomic E-state index is 13.0. The van der Waals surface area contributed by atoms with Crippen molar-refractivity contribution in [3.63, 3.8) is 0 Å². The molecule has 1 heterocycles. The van der Waals surface area contributed by atoms with Crippen molar-refractivity contribution in [2.75, 3.05) is 25.0 Å². The Balaban J connectivity index is 2.10. The van der Waals surface area contributed by atoms with Crippen LogP contribution in [0.2, 0.25) is 0 Å². The molecule has 2 rings (SSSR count). The fraction of sp³-hybridized carbons (Fsp3) is 0.591. The van der Waals surface area contributed by atoms with Gasteiger partial charge in [0, 0.05) is 18.5 Å². The van der Waals surface area contributed by atoms with Gasteiger partial charge in [-0.25, -0.2) is 13.1 Å². The first-order valence-electron chi connectivity index (χ1n) is 10.8. The van der Waals surface area contributed by atoms with Crippen LogP contribution in [0.1, 0.15) is 47.5 Å². The molecule has 10 heteroatoms. The second kappa shape index (κ2) is 10.4. The quantitative estimate of drug-likeness (QED) is 0.538. The van der Waals surface area contributed by atoms with Crippen molar-refractivity contribution < 1.29 is 22.8 Å². The molecule has 1 aromatic rings. The van der Waals surface area contributed by atoms with Crippen molar-refractivity contribution in [1.82, 2.24) is 14.9 Å². The van der Waals surface area contributed by atoms with E-state index in [2.05, 4.69) is 15.4 Å². The number of hydrogen-bond donors (Lipinski definition) is 3. The van der Waals surface area contributed by atoms with Crippen LogP contribution < -0.4 is 15.4 Å². The summed E-state index contributed by atoms with van der Waals surface area (Å²) in [6.45, 7) is 9.52. The van der Waals surface area contributed by atoms with Gasteiger partial charge in [-0.3, -0.25) is 14.4 Å². The van der Waals surface area contributed by atoms with Gasteiger partial charge in [-0.05, 0) is 30.9 Å². The zero-order valence-electron chi connectivity index (χ0n) is 19.4. The van der Waals surface area contributed by atoms with Gasteiger partial charge >= 0.3 is 0 Å². The first-order chi connectivity index (χ1) is 14.8. The van der Waals surface area contributed by atoms with Gasteiger partial charge in [0.1, 0.15) is 10.9 Å². The van der Waals surface area contributed by atoms with E-state index in [0.29, 0.717) is 19.4 Å². The van der Waals surface area contributed by atoms with Crippen LogP contribution in [-0.2, 0) is 24.4 Å². The molecule has 178 valence electrons. The lowest BCUT2D eigenvalue weighted by molar-refractivity contribution is -0.138. The minimum absolute atomic E-state index is 0.0256. The standard InChI is InChI=1S/C22H34N4O5S/c1-15(2)13-24-32(30,31)18-11-7-6-9-16(18)25-20(28)17-10-8-12-26(17)19(27)14-23-21(29)22(3,4)5/h6-7,9,11,15,17,24H,8,10,12-14H2,1-5H3,(H,23,29)(H,25,28)/t17-/m0/s1. The van der Waals surface area contributed by atoms with Gasteiger partial charge in [-0.15, -0.1) is 0 Å². The Morgan fingerprint density at radius 3 is 2.44 bits per heavy atom. The summed E-state index contributed by atoms with van der Waals surface area (Å²) in [7, 11) is -3.81. The lowest BCUT2D eigenvalue weighted by Gasteiger charge is -2.25. The molecule has 0 bridgehead atoms. The summed E-state index contributed by atoms with van der Waals surface area (Å²) in [6, 6.07) is 5.44. The van der Waals surface area contributed by atoms with E-state index in [9.17, 15) is 22.8 Å². The van der Waals surface area contributed by atoms with Crippen molar-refractivity contribution in [3.05, 3.63) is 24.3 Å². The number of nitrogens with one attached hydrogen (secondary N) is 3. The predicted molar refractivity (Wildman–Crippen MR) is 122 cm³/mol. The highest BCUT2D eigenvalue weighted by Crippen LogP contribution is 2.24. The van der Waals surface area contributed by atoms with E-state index in [0.717, 1.165) is 0 Å². The first kappa shape index (κ1) is 25.8. The summed E-state index contributed by atoms with van der Waals surface area (Å²) < 4.78 is 27.9. The zero-order chi connectivity index (χ0) is 24.1. The van der Waals surface area contributed by atoms with E-state index >= 15 is 0 Å². The monoisotopic (exact) mass is 466 g/mol. The van der Waals surface area contributed by atoms with Crippen LogP contribution in [0, 0.1) is 11.3 Å². The van der Waals surface area contributed by atoms with E-state index in [-0.39, 0.29) is 41.4 Å². The molecule has 0 spiro atoms. The van der Waals surface area contributed by atoms with E-state index in [1.165, 1.54) is 17.0 Å². The van der Waals surface area contributed by atoms with Gasteiger partial charge in [0.15, 0.2) is 0 Å². The van der Waals surface area contributed by atoms with Crippen LogP contribution in [-0.4, -0.2) is 56.7 Å². The van der Waals surface area contributed by atoms with Crippen LogP contribution in [0.15, 0.2) is 29.2 Å². The fourth-order valence-corrected chi connectivity index (χ4v) is 4.61. The molecule has 1 atom stereocenters. The SMILES string of the molecule is CC(C)CNS(=O)(=O)c1ccccc1NC(=O)[C@@H]1CCCN1C(=O)CNC(=O)C(C)(C)C. The molecule has 1 aliphatic rings. The van der Waals surface area contributed by atoms with Crippen molar-refractivity contribution >= 4 is 33.4 Å². The van der Waals surface area contributed by atoms with Gasteiger partial charge in [-0.1, -0.05) is 46.8 Å². The summed E-state index contributed by atoms with van der Waals surface area (Å²) >= 11 is 0. The van der Waals surface area contributed by atoms with Gasteiger partial charge in [-0.2, -0.15) is 0 Å². The number of carbonyl (C=O) groups is 3. The van der Waals surface area contributed by atoms with E-state index in [4.69, 9.17) is 0 Å². The lowest BCUT2D eigenvalue weighted by Crippen LogP contribution is -2.48. The molecule has 0 radical (unpaired) electrons. The normalized spacial score (nSPS) is 16.8. The van der Waals surface area contributed by atoms with Crippen LogP contribution in [0.4, 0.5) is 5.69 Å². The number of anilines is 1. The summed E-state index contributed by atoms with van der Waals surface area (Å²) in [5, 5.41) is 5.29. The molecular weight excluding hydrogens is 432 g/mol. The Morgan fingerprint density at radius 1 is 1.16 bits per heavy atom. The third-order valence-electron chi connectivity index (χ3n) is 5.07.